The second-order valence-corrected chi connectivity index (χ2v) is 5.70. The van der Waals surface area contributed by atoms with Crippen molar-refractivity contribution in [3.8, 4) is 0 Å². The summed E-state index contributed by atoms with van der Waals surface area (Å²) in [6.07, 6.45) is 0.668. The van der Waals surface area contributed by atoms with E-state index in [-0.39, 0.29) is 11.5 Å². The van der Waals surface area contributed by atoms with E-state index in [0.29, 0.717) is 5.92 Å². The molecule has 1 rings (SSSR count). The van der Waals surface area contributed by atoms with E-state index in [1.807, 2.05) is 0 Å². The van der Waals surface area contributed by atoms with E-state index in [1.54, 1.807) is 0 Å². The fourth-order valence-corrected chi connectivity index (χ4v) is 1.73. The first-order valence-corrected chi connectivity index (χ1v) is 6.14. The van der Waals surface area contributed by atoms with Gasteiger partial charge in [0.2, 0.25) is 0 Å². The Hall–Kier alpha value is -0.820. The van der Waals surface area contributed by atoms with Gasteiger partial charge in [0.05, 0.1) is 6.10 Å². The summed E-state index contributed by atoms with van der Waals surface area (Å²) in [6, 6.07) is 8.36. The molecular weight excluding hydrogens is 196 g/mol. The lowest BCUT2D eigenvalue weighted by molar-refractivity contribution is 0.115. The van der Waals surface area contributed by atoms with Gasteiger partial charge in [0, 0.05) is 0 Å². The van der Waals surface area contributed by atoms with Gasteiger partial charge in [-0.25, -0.2) is 0 Å². The largest absolute Gasteiger partial charge is 0.388 e. The highest BCUT2D eigenvalue weighted by atomic mass is 16.3. The predicted octanol–water partition coefficient (Wildman–Crippen LogP) is 4.06. The van der Waals surface area contributed by atoms with Gasteiger partial charge in [-0.2, -0.15) is 0 Å². The van der Waals surface area contributed by atoms with Crippen LogP contribution >= 0.6 is 0 Å². The Morgan fingerprint density at radius 1 is 1.12 bits per heavy atom. The van der Waals surface area contributed by atoms with Crippen molar-refractivity contribution in [2.45, 2.75) is 52.6 Å². The number of hydrogen-bond acceptors (Lipinski definition) is 1. The van der Waals surface area contributed by atoms with Crippen molar-refractivity contribution in [1.82, 2.24) is 0 Å². The van der Waals surface area contributed by atoms with Gasteiger partial charge < -0.3 is 5.11 Å². The van der Waals surface area contributed by atoms with Crippen molar-refractivity contribution in [3.05, 3.63) is 35.4 Å². The summed E-state index contributed by atoms with van der Waals surface area (Å²) in [6.45, 7) is 10.8. The smallest absolute Gasteiger partial charge is 0.0815 e. The van der Waals surface area contributed by atoms with Gasteiger partial charge in [-0.05, 0) is 22.5 Å². The van der Waals surface area contributed by atoms with Crippen LogP contribution in [0.15, 0.2) is 24.3 Å². The fraction of sp³-hybridized carbons (Fsp3) is 0.600. The Bertz CT molecular complexity index is 318. The summed E-state index contributed by atoms with van der Waals surface area (Å²) < 4.78 is 0. The molecule has 0 amide bonds. The Kier molecular flexibility index (Phi) is 4.15. The fourth-order valence-electron chi connectivity index (χ4n) is 1.73. The maximum atomic E-state index is 10.1. The molecule has 0 fully saturated rings. The molecule has 1 aromatic carbocycles. The van der Waals surface area contributed by atoms with E-state index in [9.17, 15) is 5.11 Å². The van der Waals surface area contributed by atoms with Gasteiger partial charge in [0.25, 0.3) is 0 Å². The van der Waals surface area contributed by atoms with E-state index in [0.717, 1.165) is 12.0 Å². The normalized spacial score (nSPS) is 15.9. The maximum Gasteiger partial charge on any atom is 0.0815 e. The average Bonchev–Trinajstić information content (AvgIpc) is 2.26. The van der Waals surface area contributed by atoms with E-state index >= 15 is 0 Å². The van der Waals surface area contributed by atoms with Gasteiger partial charge >= 0.3 is 0 Å². The van der Waals surface area contributed by atoms with Crippen LogP contribution in [0, 0.1) is 5.92 Å². The molecule has 0 spiro atoms. The van der Waals surface area contributed by atoms with Crippen molar-refractivity contribution in [1.29, 1.82) is 0 Å². The van der Waals surface area contributed by atoms with Crippen LogP contribution in [0.1, 0.15) is 58.3 Å². The van der Waals surface area contributed by atoms with E-state index in [4.69, 9.17) is 0 Å². The summed E-state index contributed by atoms with van der Waals surface area (Å²) in [5.74, 6) is 0.320. The minimum atomic E-state index is -0.334. The summed E-state index contributed by atoms with van der Waals surface area (Å²) in [5.41, 5.74) is 2.52. The van der Waals surface area contributed by atoms with Gasteiger partial charge in [-0.3, -0.25) is 0 Å². The topological polar surface area (TPSA) is 20.2 Å². The van der Waals surface area contributed by atoms with Crippen molar-refractivity contribution >= 4 is 0 Å². The molecule has 0 aliphatic heterocycles. The third kappa shape index (κ3) is 3.08. The number of benzene rings is 1. The Morgan fingerprint density at radius 2 is 1.62 bits per heavy atom. The quantitative estimate of drug-likeness (QED) is 0.814. The molecule has 0 heterocycles. The minimum Gasteiger partial charge on any atom is -0.388 e. The first-order chi connectivity index (χ1) is 7.36. The molecule has 1 aromatic rings. The monoisotopic (exact) mass is 220 g/mol. The molecule has 0 radical (unpaired) electrons. The lowest BCUT2D eigenvalue weighted by atomic mass is 9.85. The van der Waals surface area contributed by atoms with Crippen LogP contribution < -0.4 is 0 Å². The van der Waals surface area contributed by atoms with Crippen molar-refractivity contribution < 1.29 is 5.11 Å². The molecule has 1 N–H and O–H groups in total. The Morgan fingerprint density at radius 3 is 2.00 bits per heavy atom. The molecule has 1 heteroatoms. The molecule has 0 saturated carbocycles. The Balaban J connectivity index is 2.87. The van der Waals surface area contributed by atoms with Gasteiger partial charge in [0.15, 0.2) is 0 Å². The van der Waals surface area contributed by atoms with Gasteiger partial charge in [-0.1, -0.05) is 65.3 Å². The highest BCUT2D eigenvalue weighted by molar-refractivity contribution is 5.28. The second kappa shape index (κ2) is 5.01. The third-order valence-corrected chi connectivity index (χ3v) is 3.30. The number of rotatable bonds is 3. The minimum absolute atomic E-state index is 0.180. The summed E-state index contributed by atoms with van der Waals surface area (Å²) in [5, 5.41) is 10.1. The zero-order valence-corrected chi connectivity index (χ0v) is 11.1. The molecule has 0 aliphatic carbocycles. The molecule has 1 nitrogen and oxygen atoms in total. The van der Waals surface area contributed by atoms with Crippen LogP contribution in [0.2, 0.25) is 0 Å². The van der Waals surface area contributed by atoms with E-state index in [2.05, 4.69) is 58.9 Å². The second-order valence-electron chi connectivity index (χ2n) is 5.70. The SMILES string of the molecule is CCC(C)C(O)c1ccc(C(C)(C)C)cc1. The van der Waals surface area contributed by atoms with Crippen LogP contribution in [-0.2, 0) is 5.41 Å². The first kappa shape index (κ1) is 13.2. The molecule has 2 atom stereocenters. The highest BCUT2D eigenvalue weighted by Gasteiger charge is 2.17. The standard InChI is InChI=1S/C15H24O/c1-6-11(2)14(16)12-7-9-13(10-8-12)15(3,4)5/h7-11,14,16H,6H2,1-5H3. The molecule has 2 unspecified atom stereocenters. The summed E-state index contributed by atoms with van der Waals surface area (Å²) >= 11 is 0. The molecular formula is C15H24O. The molecule has 0 aliphatic rings. The number of aliphatic hydroxyl groups excluding tert-OH is 1. The molecule has 0 bridgehead atoms. The molecule has 0 saturated heterocycles. The molecule has 90 valence electrons. The van der Waals surface area contributed by atoms with Gasteiger partial charge in [-0.15, -0.1) is 0 Å². The lowest BCUT2D eigenvalue weighted by Gasteiger charge is -2.21. The number of hydrogen-bond donors (Lipinski definition) is 1. The molecule has 0 aromatic heterocycles. The van der Waals surface area contributed by atoms with Crippen LogP contribution in [-0.4, -0.2) is 5.11 Å². The Labute approximate surface area is 99.5 Å². The van der Waals surface area contributed by atoms with Crippen LogP contribution in [0.3, 0.4) is 0 Å². The predicted molar refractivity (Wildman–Crippen MR) is 69.6 cm³/mol. The van der Waals surface area contributed by atoms with Gasteiger partial charge in [0.1, 0.15) is 0 Å². The average molecular weight is 220 g/mol. The van der Waals surface area contributed by atoms with Crippen LogP contribution in [0.4, 0.5) is 0 Å². The number of aliphatic hydroxyl groups is 1. The van der Waals surface area contributed by atoms with Crippen molar-refractivity contribution in [2.75, 3.05) is 0 Å². The molecule has 16 heavy (non-hydrogen) atoms. The zero-order valence-electron chi connectivity index (χ0n) is 11.1. The highest BCUT2D eigenvalue weighted by Crippen LogP contribution is 2.27. The van der Waals surface area contributed by atoms with E-state index in [1.165, 1.54) is 5.56 Å². The van der Waals surface area contributed by atoms with Crippen molar-refractivity contribution in [3.63, 3.8) is 0 Å². The lowest BCUT2D eigenvalue weighted by Crippen LogP contribution is -2.12. The maximum absolute atomic E-state index is 10.1. The van der Waals surface area contributed by atoms with Crippen LogP contribution in [0.5, 0.6) is 0 Å². The zero-order chi connectivity index (χ0) is 12.3. The third-order valence-electron chi connectivity index (χ3n) is 3.30. The van der Waals surface area contributed by atoms with E-state index < -0.39 is 0 Å². The first-order valence-electron chi connectivity index (χ1n) is 6.14. The summed E-state index contributed by atoms with van der Waals surface area (Å²) in [4.78, 5) is 0. The van der Waals surface area contributed by atoms with Crippen LogP contribution in [0.25, 0.3) is 0 Å². The summed E-state index contributed by atoms with van der Waals surface area (Å²) in [7, 11) is 0. The van der Waals surface area contributed by atoms with Crippen molar-refractivity contribution in [2.24, 2.45) is 5.92 Å².